The number of anilines is 3. The molecule has 11 heteroatoms. The van der Waals surface area contributed by atoms with Crippen LogP contribution >= 0.6 is 0 Å². The van der Waals surface area contributed by atoms with Crippen molar-refractivity contribution in [2.75, 3.05) is 36.7 Å². The number of para-hydroxylation sites is 2. The molecule has 4 aromatic rings. The molecular weight excluding hydrogens is 711 g/mol. The third-order valence-electron chi connectivity index (χ3n) is 12.4. The highest BCUT2D eigenvalue weighted by molar-refractivity contribution is 6.91. The van der Waals surface area contributed by atoms with Gasteiger partial charge >= 0.3 is 0 Å². The lowest BCUT2D eigenvalue weighted by atomic mass is 9.82. The molecule has 1 fully saturated rings. The van der Waals surface area contributed by atoms with Gasteiger partial charge in [-0.05, 0) is 65.6 Å². The zero-order valence-corrected chi connectivity index (χ0v) is 32.7. The molecule has 4 aliphatic heterocycles. The minimum atomic E-state index is -2.57. The van der Waals surface area contributed by atoms with E-state index < -0.39 is 19.8 Å². The van der Waals surface area contributed by atoms with Crippen molar-refractivity contribution in [1.29, 1.82) is 0 Å². The van der Waals surface area contributed by atoms with Crippen LogP contribution < -0.4 is 24.5 Å². The number of fused-ring (bicyclic) bond motifs is 4. The maximum absolute atomic E-state index is 15.1. The third kappa shape index (κ3) is 5.87. The van der Waals surface area contributed by atoms with Crippen molar-refractivity contribution in [3.63, 3.8) is 0 Å². The second-order valence-electron chi connectivity index (χ2n) is 15.6. The average molecular weight is 758 g/mol. The summed E-state index contributed by atoms with van der Waals surface area (Å²) in [5, 5.41) is 11.6. The van der Waals surface area contributed by atoms with Crippen LogP contribution in [0.3, 0.4) is 0 Å². The van der Waals surface area contributed by atoms with E-state index in [1.54, 1.807) is 27.9 Å². The smallest absolute Gasteiger partial charge is 0.269 e. The Labute approximate surface area is 322 Å². The van der Waals surface area contributed by atoms with Gasteiger partial charge in [0.25, 0.3) is 11.8 Å². The number of ether oxygens (including phenoxy) is 3. The van der Waals surface area contributed by atoms with Crippen LogP contribution in [0.25, 0.3) is 0 Å². The van der Waals surface area contributed by atoms with Crippen LogP contribution in [0, 0.1) is 5.92 Å². The number of carbonyl (C=O) groups excluding carboxylic acids is 3. The summed E-state index contributed by atoms with van der Waals surface area (Å²) >= 11 is 0. The van der Waals surface area contributed by atoms with Crippen LogP contribution in [0.15, 0.2) is 104 Å². The maximum atomic E-state index is 15.1. The lowest BCUT2D eigenvalue weighted by Gasteiger charge is -2.39. The van der Waals surface area contributed by atoms with E-state index in [0.29, 0.717) is 41.3 Å². The summed E-state index contributed by atoms with van der Waals surface area (Å²) in [7, 11) is -0.926. The van der Waals surface area contributed by atoms with Crippen molar-refractivity contribution in [3.05, 3.63) is 120 Å². The second kappa shape index (κ2) is 14.1. The Kier molecular flexibility index (Phi) is 9.43. The van der Waals surface area contributed by atoms with E-state index in [2.05, 4.69) is 44.8 Å². The van der Waals surface area contributed by atoms with Crippen LogP contribution in [0.1, 0.15) is 30.0 Å². The minimum Gasteiger partial charge on any atom is -0.497 e. The Morgan fingerprint density at radius 1 is 1.00 bits per heavy atom. The van der Waals surface area contributed by atoms with Gasteiger partial charge in [0.15, 0.2) is 12.2 Å². The molecule has 4 aliphatic rings. The standard InChI is InChI=1S/C44H47N3O7Si/c1-6-21-45-36-20-15-31(47-37-13-9-10-14-38(37)53-27-41(47)50)23-35(36)44(43(45)51)28(2)42(55(4,5)34-18-16-33(52-3)17-19-34)39(54-44)24-40(49)46-25-30-12-8-7-11-29(30)22-32(46)26-48/h6-20,23,28,32,39,42,48H,1,21-22,24-27H2,2-5H3/t28-,32-,39+,42-,44+/m0/s1. The predicted octanol–water partition coefficient (Wildman–Crippen LogP) is 5.84. The molecule has 0 bridgehead atoms. The molecule has 4 aromatic carbocycles. The van der Waals surface area contributed by atoms with Crippen molar-refractivity contribution in [2.45, 2.75) is 62.7 Å². The molecule has 1 spiro atoms. The monoisotopic (exact) mass is 757 g/mol. The first-order chi connectivity index (χ1) is 26.5. The molecule has 0 aromatic heterocycles. The summed E-state index contributed by atoms with van der Waals surface area (Å²) in [5.74, 6) is 0.426. The Morgan fingerprint density at radius 2 is 1.73 bits per heavy atom. The fraction of sp³-hybridized carbons (Fsp3) is 0.341. The van der Waals surface area contributed by atoms with Crippen molar-refractivity contribution in [3.8, 4) is 11.5 Å². The van der Waals surface area contributed by atoms with Gasteiger partial charge in [-0.3, -0.25) is 19.3 Å². The van der Waals surface area contributed by atoms with Gasteiger partial charge in [0.2, 0.25) is 5.91 Å². The summed E-state index contributed by atoms with van der Waals surface area (Å²) in [6.45, 7) is 11.0. The highest BCUT2D eigenvalue weighted by atomic mass is 28.3. The van der Waals surface area contributed by atoms with Gasteiger partial charge in [-0.2, -0.15) is 0 Å². The Morgan fingerprint density at radius 3 is 2.45 bits per heavy atom. The number of hydrogen-bond donors (Lipinski definition) is 1. The molecule has 4 heterocycles. The molecule has 10 nitrogen and oxygen atoms in total. The molecule has 55 heavy (non-hydrogen) atoms. The molecular formula is C44H47N3O7Si. The second-order valence-corrected chi connectivity index (χ2v) is 20.3. The van der Waals surface area contributed by atoms with E-state index in [0.717, 1.165) is 22.1 Å². The molecule has 0 saturated carbocycles. The van der Waals surface area contributed by atoms with Crippen molar-refractivity contribution < 1.29 is 33.7 Å². The molecule has 1 N–H and O–H groups in total. The number of methoxy groups -OCH3 is 1. The summed E-state index contributed by atoms with van der Waals surface area (Å²) in [5.41, 5.74) is 3.14. The summed E-state index contributed by atoms with van der Waals surface area (Å²) < 4.78 is 18.5. The normalized spacial score (nSPS) is 24.3. The van der Waals surface area contributed by atoms with Crippen molar-refractivity contribution in [1.82, 2.24) is 4.90 Å². The summed E-state index contributed by atoms with van der Waals surface area (Å²) in [6, 6.07) is 28.9. The first-order valence-electron chi connectivity index (χ1n) is 18.9. The van der Waals surface area contributed by atoms with Gasteiger partial charge in [0.1, 0.15) is 11.5 Å². The predicted molar refractivity (Wildman–Crippen MR) is 214 cm³/mol. The lowest BCUT2D eigenvalue weighted by Crippen LogP contribution is -2.52. The SMILES string of the molecule is C=CCN1C(=O)[C@]2(O[C@H](CC(=O)N3Cc4ccccc4C[C@H]3CO)[C@@H]([Si](C)(C)c3ccc(OC)cc3)[C@@H]2C)c2cc(N3C(=O)COc4ccccc43)ccc21. The molecule has 0 radical (unpaired) electrons. The Bertz CT molecular complexity index is 2170. The highest BCUT2D eigenvalue weighted by Crippen LogP contribution is 2.60. The zero-order valence-electron chi connectivity index (χ0n) is 31.7. The zero-order chi connectivity index (χ0) is 38.6. The molecule has 1 saturated heterocycles. The van der Waals surface area contributed by atoms with Crippen molar-refractivity contribution in [2.24, 2.45) is 5.92 Å². The number of nitrogens with zero attached hydrogens (tertiary/aromatic N) is 3. The number of hydrogen-bond acceptors (Lipinski definition) is 7. The number of rotatable bonds is 9. The molecule has 0 unspecified atom stereocenters. The van der Waals surface area contributed by atoms with E-state index in [4.69, 9.17) is 14.2 Å². The van der Waals surface area contributed by atoms with Gasteiger partial charge in [-0.1, -0.05) is 79.8 Å². The fourth-order valence-electron chi connectivity index (χ4n) is 9.67. The maximum Gasteiger partial charge on any atom is 0.269 e. The Balaban J connectivity index is 1.24. The van der Waals surface area contributed by atoms with E-state index in [9.17, 15) is 14.7 Å². The van der Waals surface area contributed by atoms with Gasteiger partial charge in [0.05, 0.1) is 51.7 Å². The van der Waals surface area contributed by atoms with Gasteiger partial charge < -0.3 is 29.1 Å². The van der Waals surface area contributed by atoms with Crippen LogP contribution in [-0.4, -0.2) is 74.8 Å². The largest absolute Gasteiger partial charge is 0.497 e. The van der Waals surface area contributed by atoms with E-state index in [1.165, 1.54) is 0 Å². The number of carbonyl (C=O) groups is 3. The van der Waals surface area contributed by atoms with E-state index >= 15 is 4.79 Å². The topological polar surface area (TPSA) is 109 Å². The van der Waals surface area contributed by atoms with Crippen LogP contribution in [-0.2, 0) is 37.7 Å². The number of aliphatic hydroxyl groups excluding tert-OH is 1. The molecule has 5 atom stereocenters. The van der Waals surface area contributed by atoms with Crippen molar-refractivity contribution >= 4 is 48.0 Å². The fourth-order valence-corrected chi connectivity index (χ4v) is 13.7. The molecule has 0 aliphatic carbocycles. The summed E-state index contributed by atoms with van der Waals surface area (Å²) in [6.07, 6.45) is 1.68. The van der Waals surface area contributed by atoms with Crippen LogP contribution in [0.2, 0.25) is 18.6 Å². The molecule has 8 rings (SSSR count). The molecule has 3 amide bonds. The first-order valence-corrected chi connectivity index (χ1v) is 22.0. The van der Waals surface area contributed by atoms with Gasteiger partial charge in [-0.15, -0.1) is 6.58 Å². The van der Waals surface area contributed by atoms with E-state index in [-0.39, 0.29) is 61.4 Å². The first kappa shape index (κ1) is 36.7. The van der Waals surface area contributed by atoms with E-state index in [1.807, 2.05) is 72.8 Å². The number of amides is 3. The van der Waals surface area contributed by atoms with Gasteiger partial charge in [0, 0.05) is 30.3 Å². The minimum absolute atomic E-state index is 0.0428. The quantitative estimate of drug-likeness (QED) is 0.169. The number of benzene rings is 4. The summed E-state index contributed by atoms with van der Waals surface area (Å²) in [4.78, 5) is 48.4. The third-order valence-corrected chi connectivity index (χ3v) is 16.7. The lowest BCUT2D eigenvalue weighted by molar-refractivity contribution is -0.150. The molecule has 284 valence electrons. The number of aliphatic hydroxyl groups is 1. The van der Waals surface area contributed by atoms with Gasteiger partial charge in [-0.25, -0.2) is 0 Å². The highest BCUT2D eigenvalue weighted by Gasteiger charge is 2.66. The average Bonchev–Trinajstić information content (AvgIpc) is 3.62. The Hall–Kier alpha value is -5.23. The van der Waals surface area contributed by atoms with Crippen LogP contribution in [0.5, 0.6) is 11.5 Å². The van der Waals surface area contributed by atoms with Crippen LogP contribution in [0.4, 0.5) is 17.1 Å².